The first-order valence-corrected chi connectivity index (χ1v) is 13.9. The number of ether oxygens (including phenoxy) is 2. The largest absolute Gasteiger partial charge is 0.457 e. The van der Waals surface area contributed by atoms with Gasteiger partial charge in [0.25, 0.3) is 0 Å². The second-order valence-corrected chi connectivity index (χ2v) is 11.4. The molecule has 2 unspecified atom stereocenters. The number of aromatic nitrogens is 1. The maximum Gasteiger partial charge on any atom is 0.327 e. The van der Waals surface area contributed by atoms with Crippen molar-refractivity contribution >= 4 is 35.1 Å². The van der Waals surface area contributed by atoms with Crippen LogP contribution in [0, 0.1) is 6.92 Å². The molecule has 1 aromatic heterocycles. The van der Waals surface area contributed by atoms with Gasteiger partial charge in [0, 0.05) is 38.0 Å². The van der Waals surface area contributed by atoms with Gasteiger partial charge in [0.1, 0.15) is 21.8 Å². The number of benzene rings is 2. The number of thioether (sulfide) groups is 1. The Morgan fingerprint density at radius 3 is 2.69 bits per heavy atom. The Hall–Kier alpha value is -3.60. The van der Waals surface area contributed by atoms with Gasteiger partial charge in [-0.3, -0.25) is 9.69 Å². The zero-order valence-corrected chi connectivity index (χ0v) is 22.9. The van der Waals surface area contributed by atoms with E-state index < -0.39 is 11.3 Å². The molecule has 10 heteroatoms. The van der Waals surface area contributed by atoms with Gasteiger partial charge in [0.15, 0.2) is 0 Å². The summed E-state index contributed by atoms with van der Waals surface area (Å²) in [6, 6.07) is 16.3. The minimum absolute atomic E-state index is 0.0204. The molecule has 4 heterocycles. The van der Waals surface area contributed by atoms with Crippen molar-refractivity contribution < 1.29 is 19.1 Å². The molecule has 4 atom stereocenters. The average molecular weight is 546 g/mol. The third-order valence-electron chi connectivity index (χ3n) is 7.43. The lowest BCUT2D eigenvalue weighted by Crippen LogP contribution is -2.55. The van der Waals surface area contributed by atoms with E-state index >= 15 is 0 Å². The van der Waals surface area contributed by atoms with Gasteiger partial charge in [-0.05, 0) is 62.4 Å². The summed E-state index contributed by atoms with van der Waals surface area (Å²) in [6.07, 6.45) is 2.53. The molecule has 0 saturated carbocycles. The number of aryl methyl sites for hydroxylation is 1. The van der Waals surface area contributed by atoms with E-state index in [4.69, 9.17) is 9.47 Å². The summed E-state index contributed by atoms with van der Waals surface area (Å²) in [5.41, 5.74) is 3.25. The monoisotopic (exact) mass is 545 g/mol. The summed E-state index contributed by atoms with van der Waals surface area (Å²) in [6.45, 7) is 3.55. The number of likely N-dealkylation sites (N-methyl/N-ethyl adjacent to an activating group) is 1. The van der Waals surface area contributed by atoms with Crippen LogP contribution in [0.15, 0.2) is 65.8 Å². The molecule has 1 saturated heterocycles. The van der Waals surface area contributed by atoms with Crippen molar-refractivity contribution in [2.24, 2.45) is 0 Å². The molecule has 2 aromatic carbocycles. The number of rotatable bonds is 6. The summed E-state index contributed by atoms with van der Waals surface area (Å²) < 4.78 is 11.5. The maximum absolute atomic E-state index is 13.6. The van der Waals surface area contributed by atoms with E-state index in [1.807, 2.05) is 68.6 Å². The fourth-order valence-electron chi connectivity index (χ4n) is 5.65. The lowest BCUT2D eigenvalue weighted by molar-refractivity contribution is -0.122. The number of pyridine rings is 1. The number of methoxy groups -OCH3 is 1. The minimum atomic E-state index is -0.504. The molecule has 0 spiro atoms. The highest BCUT2D eigenvalue weighted by Gasteiger charge is 2.47. The van der Waals surface area contributed by atoms with Crippen molar-refractivity contribution in [3.63, 3.8) is 0 Å². The highest BCUT2D eigenvalue weighted by molar-refractivity contribution is 8.01. The molecule has 202 valence electrons. The molecular weight excluding hydrogens is 514 g/mol. The smallest absolute Gasteiger partial charge is 0.327 e. The first-order valence-electron chi connectivity index (χ1n) is 13.0. The minimum Gasteiger partial charge on any atom is -0.457 e. The van der Waals surface area contributed by atoms with E-state index in [0.717, 1.165) is 52.8 Å². The van der Waals surface area contributed by atoms with E-state index in [1.54, 1.807) is 18.2 Å². The zero-order valence-electron chi connectivity index (χ0n) is 22.1. The van der Waals surface area contributed by atoms with E-state index in [-0.39, 0.29) is 24.1 Å². The molecule has 3 aliphatic heterocycles. The second kappa shape index (κ2) is 10.5. The summed E-state index contributed by atoms with van der Waals surface area (Å²) in [7, 11) is 3.73. The fraction of sp³-hybridized carbons (Fsp3) is 0.345. The first kappa shape index (κ1) is 25.7. The van der Waals surface area contributed by atoms with Crippen LogP contribution in [0.5, 0.6) is 11.5 Å². The van der Waals surface area contributed by atoms with E-state index in [2.05, 4.69) is 20.5 Å². The normalized spacial score (nSPS) is 24.2. The molecule has 0 bridgehead atoms. The molecule has 1 fully saturated rings. The zero-order chi connectivity index (χ0) is 27.1. The van der Waals surface area contributed by atoms with Gasteiger partial charge in [-0.15, -0.1) is 0 Å². The van der Waals surface area contributed by atoms with Crippen molar-refractivity contribution in [3.8, 4) is 11.5 Å². The Morgan fingerprint density at radius 2 is 1.92 bits per heavy atom. The van der Waals surface area contributed by atoms with E-state index in [1.165, 1.54) is 11.8 Å². The van der Waals surface area contributed by atoms with Crippen LogP contribution >= 0.6 is 11.8 Å². The van der Waals surface area contributed by atoms with Crippen LogP contribution in [-0.2, 0) is 9.53 Å². The van der Waals surface area contributed by atoms with Crippen molar-refractivity contribution in [2.45, 2.75) is 41.8 Å². The quantitative estimate of drug-likeness (QED) is 0.474. The van der Waals surface area contributed by atoms with Crippen LogP contribution in [0.1, 0.15) is 23.6 Å². The topological polar surface area (TPSA) is 96.0 Å². The third-order valence-corrected chi connectivity index (χ3v) is 8.72. The number of amides is 3. The molecule has 3 aromatic rings. The number of likely N-dealkylation sites (tertiary alicyclic amines) is 1. The van der Waals surface area contributed by atoms with E-state index in [0.29, 0.717) is 5.75 Å². The molecular formula is C29H31N5O4S. The Morgan fingerprint density at radius 1 is 1.10 bits per heavy atom. The number of hydrogen-bond donors (Lipinski definition) is 2. The maximum atomic E-state index is 13.6. The number of nitrogens with zero attached hydrogens (tertiary/aromatic N) is 3. The van der Waals surface area contributed by atoms with Crippen LogP contribution in [0.2, 0.25) is 0 Å². The predicted molar refractivity (Wildman–Crippen MR) is 150 cm³/mol. The van der Waals surface area contributed by atoms with Crippen molar-refractivity contribution in [1.82, 2.24) is 20.5 Å². The number of nitrogens with one attached hydrogen (secondary N) is 2. The molecule has 9 nitrogen and oxygen atoms in total. The van der Waals surface area contributed by atoms with Gasteiger partial charge < -0.3 is 25.0 Å². The number of carbonyl (C=O) groups is 2. The van der Waals surface area contributed by atoms with Gasteiger partial charge in [-0.25, -0.2) is 9.78 Å². The Kier molecular flexibility index (Phi) is 6.92. The fourth-order valence-corrected chi connectivity index (χ4v) is 6.89. The molecule has 3 amide bonds. The standard InChI is InChI=1S/C29H31N5O4S/c1-17-13-20(38-19-7-5-4-6-8-19)9-10-22(17)34-23-11-12-30-28-24(23)25(32-29(34)36)26(39-28)27(35)31-18-14-21(37-3)16-33(2)15-18/h4-13,18,21,25-26H,14-16H2,1-3H3,(H,31,35)(H,32,36)/t18-,21+,25?,26?/m1/s1. The van der Waals surface area contributed by atoms with E-state index in [9.17, 15) is 9.59 Å². The average Bonchev–Trinajstić information content (AvgIpc) is 3.29. The van der Waals surface area contributed by atoms with Crippen molar-refractivity contribution in [3.05, 3.63) is 71.9 Å². The summed E-state index contributed by atoms with van der Waals surface area (Å²) in [5.74, 6) is 1.33. The number of carbonyl (C=O) groups excluding carboxylic acids is 2. The Bertz CT molecular complexity index is 1400. The first-order chi connectivity index (χ1) is 18.9. The highest BCUT2D eigenvalue weighted by Crippen LogP contribution is 2.51. The number of anilines is 2. The number of urea groups is 1. The highest BCUT2D eigenvalue weighted by atomic mass is 32.2. The third kappa shape index (κ3) is 4.95. The van der Waals surface area contributed by atoms with Crippen LogP contribution in [0.4, 0.5) is 16.2 Å². The summed E-state index contributed by atoms with van der Waals surface area (Å²) >= 11 is 1.40. The predicted octanol–water partition coefficient (Wildman–Crippen LogP) is 4.39. The van der Waals surface area contributed by atoms with Gasteiger partial charge in [-0.1, -0.05) is 30.0 Å². The SMILES string of the molecule is CO[C@H]1C[C@@H](NC(=O)C2Sc3nccc4c3C2NC(=O)N4c2ccc(Oc3ccccc3)cc2C)CN(C)C1. The lowest BCUT2D eigenvalue weighted by atomic mass is 9.98. The molecule has 2 N–H and O–H groups in total. The van der Waals surface area contributed by atoms with Crippen LogP contribution in [-0.4, -0.2) is 66.5 Å². The van der Waals surface area contributed by atoms with Gasteiger partial charge >= 0.3 is 6.03 Å². The molecule has 6 rings (SSSR count). The van der Waals surface area contributed by atoms with Gasteiger partial charge in [0.2, 0.25) is 5.91 Å². The number of piperidine rings is 1. The van der Waals surface area contributed by atoms with Gasteiger partial charge in [0.05, 0.1) is 23.5 Å². The Balaban J connectivity index is 1.24. The number of para-hydroxylation sites is 1. The second-order valence-electron chi connectivity index (χ2n) is 10.2. The molecule has 39 heavy (non-hydrogen) atoms. The molecule has 3 aliphatic rings. The van der Waals surface area contributed by atoms with Crippen molar-refractivity contribution in [1.29, 1.82) is 0 Å². The molecule has 0 radical (unpaired) electrons. The summed E-state index contributed by atoms with van der Waals surface area (Å²) in [4.78, 5) is 35.4. The number of hydrogen-bond acceptors (Lipinski definition) is 7. The van der Waals surface area contributed by atoms with Crippen LogP contribution in [0.25, 0.3) is 0 Å². The van der Waals surface area contributed by atoms with Crippen LogP contribution < -0.4 is 20.3 Å². The van der Waals surface area contributed by atoms with Gasteiger partial charge in [-0.2, -0.15) is 0 Å². The lowest BCUT2D eigenvalue weighted by Gasteiger charge is -2.37. The Labute approximate surface area is 231 Å². The van der Waals surface area contributed by atoms with Crippen molar-refractivity contribution in [2.75, 3.05) is 32.1 Å². The summed E-state index contributed by atoms with van der Waals surface area (Å²) in [5, 5.41) is 6.56. The van der Waals surface area contributed by atoms with Crippen LogP contribution in [0.3, 0.4) is 0 Å². The molecule has 0 aliphatic carbocycles.